The van der Waals surface area contributed by atoms with Crippen LogP contribution in [0.2, 0.25) is 0 Å². The summed E-state index contributed by atoms with van der Waals surface area (Å²) in [5, 5.41) is 4.49. The molecule has 0 amide bonds. The van der Waals surface area contributed by atoms with Crippen molar-refractivity contribution < 1.29 is 8.83 Å². The van der Waals surface area contributed by atoms with E-state index in [1.807, 2.05) is 12.1 Å². The lowest BCUT2D eigenvalue weighted by molar-refractivity contribution is 0.669. The van der Waals surface area contributed by atoms with E-state index in [0.29, 0.717) is 0 Å². The molecule has 3 heteroatoms. The van der Waals surface area contributed by atoms with Crippen molar-refractivity contribution in [2.24, 2.45) is 0 Å². The van der Waals surface area contributed by atoms with Gasteiger partial charge in [0.1, 0.15) is 22.3 Å². The van der Waals surface area contributed by atoms with E-state index in [1.54, 1.807) is 0 Å². The monoisotopic (exact) mass is 525 g/mol. The lowest BCUT2D eigenvalue weighted by atomic mass is 9.93. The van der Waals surface area contributed by atoms with E-state index in [4.69, 9.17) is 8.83 Å². The molecule has 0 atom stereocenters. The fraction of sp³-hybridized carbons (Fsp3) is 0. The van der Waals surface area contributed by atoms with Gasteiger partial charge in [-0.2, -0.15) is 0 Å². The van der Waals surface area contributed by atoms with E-state index >= 15 is 0 Å². The predicted octanol–water partition coefficient (Wildman–Crippen LogP) is 10.8. The standard InChI is InChI=1S/C38H23NO2/c1-2-10-26(11-3-1)39-33-16-8-6-15-30(33)38-37(39)31-20-18-25(23-36(31)41-38)28-13-5-4-12-27(28)24-19-21-35-32(22-24)29-14-7-9-17-34(29)40-35/h1-23H. The van der Waals surface area contributed by atoms with Gasteiger partial charge in [0.2, 0.25) is 0 Å². The number of furan rings is 2. The summed E-state index contributed by atoms with van der Waals surface area (Å²) in [4.78, 5) is 0. The highest BCUT2D eigenvalue weighted by atomic mass is 16.3. The summed E-state index contributed by atoms with van der Waals surface area (Å²) in [6.07, 6.45) is 0. The second-order valence-electron chi connectivity index (χ2n) is 10.5. The van der Waals surface area contributed by atoms with Gasteiger partial charge in [-0.1, -0.05) is 84.9 Å². The molecule has 0 spiro atoms. The molecule has 0 aliphatic rings. The van der Waals surface area contributed by atoms with Crippen molar-refractivity contribution in [2.45, 2.75) is 0 Å². The van der Waals surface area contributed by atoms with Crippen molar-refractivity contribution >= 4 is 54.9 Å². The van der Waals surface area contributed by atoms with E-state index in [9.17, 15) is 0 Å². The van der Waals surface area contributed by atoms with E-state index < -0.39 is 0 Å². The highest BCUT2D eigenvalue weighted by Crippen LogP contribution is 2.42. The number of nitrogens with zero attached hydrogens (tertiary/aromatic N) is 1. The van der Waals surface area contributed by atoms with Crippen molar-refractivity contribution in [3.63, 3.8) is 0 Å². The smallest absolute Gasteiger partial charge is 0.161 e. The number of hydrogen-bond donors (Lipinski definition) is 0. The number of benzene rings is 6. The van der Waals surface area contributed by atoms with E-state index in [2.05, 4.69) is 132 Å². The van der Waals surface area contributed by atoms with Gasteiger partial charge in [0.25, 0.3) is 0 Å². The van der Waals surface area contributed by atoms with Gasteiger partial charge in [-0.25, -0.2) is 0 Å². The molecule has 9 rings (SSSR count). The molecule has 0 N–H and O–H groups in total. The summed E-state index contributed by atoms with van der Waals surface area (Å²) < 4.78 is 15.0. The van der Waals surface area contributed by atoms with Crippen LogP contribution in [0.1, 0.15) is 0 Å². The summed E-state index contributed by atoms with van der Waals surface area (Å²) in [6.45, 7) is 0. The van der Waals surface area contributed by atoms with Gasteiger partial charge in [0, 0.05) is 27.2 Å². The Balaban J connectivity index is 1.25. The molecule has 3 heterocycles. The molecule has 0 aliphatic carbocycles. The van der Waals surface area contributed by atoms with E-state index in [0.717, 1.165) is 71.7 Å². The van der Waals surface area contributed by atoms with Crippen molar-refractivity contribution in [1.29, 1.82) is 0 Å². The van der Waals surface area contributed by atoms with Crippen molar-refractivity contribution in [1.82, 2.24) is 4.57 Å². The summed E-state index contributed by atoms with van der Waals surface area (Å²) in [7, 11) is 0. The molecule has 0 saturated heterocycles. The van der Waals surface area contributed by atoms with Crippen LogP contribution < -0.4 is 0 Å². The maximum absolute atomic E-state index is 6.64. The Morgan fingerprint density at radius 2 is 1.07 bits per heavy atom. The highest BCUT2D eigenvalue weighted by molar-refractivity contribution is 6.17. The zero-order valence-corrected chi connectivity index (χ0v) is 22.0. The number of fused-ring (bicyclic) bond motifs is 8. The lowest BCUT2D eigenvalue weighted by Gasteiger charge is -2.11. The quantitative estimate of drug-likeness (QED) is 0.230. The molecule has 9 aromatic rings. The molecule has 41 heavy (non-hydrogen) atoms. The molecule has 6 aromatic carbocycles. The van der Waals surface area contributed by atoms with Crippen LogP contribution >= 0.6 is 0 Å². The van der Waals surface area contributed by atoms with Crippen LogP contribution in [0, 0.1) is 0 Å². The number of hydrogen-bond acceptors (Lipinski definition) is 2. The highest BCUT2D eigenvalue weighted by Gasteiger charge is 2.20. The van der Waals surface area contributed by atoms with Crippen molar-refractivity contribution in [2.75, 3.05) is 0 Å². The number of rotatable bonds is 3. The topological polar surface area (TPSA) is 31.2 Å². The third-order valence-electron chi connectivity index (χ3n) is 8.22. The Morgan fingerprint density at radius 1 is 0.415 bits per heavy atom. The molecule has 0 bridgehead atoms. The van der Waals surface area contributed by atoms with Gasteiger partial charge in [-0.05, 0) is 76.9 Å². The SMILES string of the molecule is c1ccc(-n2c3ccccc3c3oc4cc(-c5ccccc5-c5ccc6oc7ccccc7c6c5)ccc4c32)cc1. The Hall–Kier alpha value is -5.54. The van der Waals surface area contributed by atoms with Gasteiger partial charge in [0.15, 0.2) is 5.58 Å². The third kappa shape index (κ3) is 3.26. The largest absolute Gasteiger partial charge is 0.456 e. The van der Waals surface area contributed by atoms with Crippen LogP contribution in [0.25, 0.3) is 82.9 Å². The Labute approximate surface area is 235 Å². The first-order valence-electron chi connectivity index (χ1n) is 13.9. The first kappa shape index (κ1) is 22.3. The second kappa shape index (κ2) is 8.48. The zero-order chi connectivity index (χ0) is 26.9. The van der Waals surface area contributed by atoms with Gasteiger partial charge in [-0.15, -0.1) is 0 Å². The molecule has 0 aliphatic heterocycles. The van der Waals surface area contributed by atoms with E-state index in [-0.39, 0.29) is 0 Å². The number of para-hydroxylation sites is 3. The minimum atomic E-state index is 0.883. The fourth-order valence-electron chi connectivity index (χ4n) is 6.36. The molecule has 0 unspecified atom stereocenters. The molecule has 0 radical (unpaired) electrons. The summed E-state index contributed by atoms with van der Waals surface area (Å²) >= 11 is 0. The van der Waals surface area contributed by atoms with Crippen LogP contribution in [-0.2, 0) is 0 Å². The molecular formula is C38H23NO2. The fourth-order valence-corrected chi connectivity index (χ4v) is 6.36. The molecule has 192 valence electrons. The lowest BCUT2D eigenvalue weighted by Crippen LogP contribution is -1.92. The predicted molar refractivity (Wildman–Crippen MR) is 169 cm³/mol. The zero-order valence-electron chi connectivity index (χ0n) is 22.0. The molecule has 0 saturated carbocycles. The first-order valence-corrected chi connectivity index (χ1v) is 13.9. The Kier molecular flexibility index (Phi) is 4.61. The number of aromatic nitrogens is 1. The van der Waals surface area contributed by atoms with Gasteiger partial charge < -0.3 is 13.4 Å². The minimum Gasteiger partial charge on any atom is -0.456 e. The molecule has 3 nitrogen and oxygen atoms in total. The van der Waals surface area contributed by atoms with Gasteiger partial charge >= 0.3 is 0 Å². The average molecular weight is 526 g/mol. The maximum Gasteiger partial charge on any atom is 0.161 e. The first-order chi connectivity index (χ1) is 20.3. The minimum absolute atomic E-state index is 0.883. The normalized spacial score (nSPS) is 11.9. The maximum atomic E-state index is 6.64. The van der Waals surface area contributed by atoms with Crippen molar-refractivity contribution in [3.05, 3.63) is 140 Å². The van der Waals surface area contributed by atoms with Crippen LogP contribution in [0.5, 0.6) is 0 Å². The third-order valence-corrected chi connectivity index (χ3v) is 8.22. The summed E-state index contributed by atoms with van der Waals surface area (Å²) in [5.74, 6) is 0. The summed E-state index contributed by atoms with van der Waals surface area (Å²) in [5.41, 5.74) is 11.6. The van der Waals surface area contributed by atoms with Crippen LogP contribution in [0.3, 0.4) is 0 Å². The van der Waals surface area contributed by atoms with E-state index in [1.165, 1.54) is 11.1 Å². The van der Waals surface area contributed by atoms with Crippen LogP contribution in [-0.4, -0.2) is 4.57 Å². The molecule has 0 fully saturated rings. The van der Waals surface area contributed by atoms with Gasteiger partial charge in [-0.3, -0.25) is 0 Å². The molecule has 3 aromatic heterocycles. The average Bonchev–Trinajstić information content (AvgIpc) is 3.69. The van der Waals surface area contributed by atoms with Gasteiger partial charge in [0.05, 0.1) is 5.52 Å². The Bertz CT molecular complexity index is 2420. The van der Waals surface area contributed by atoms with Crippen LogP contribution in [0.15, 0.2) is 148 Å². The Morgan fingerprint density at radius 3 is 1.93 bits per heavy atom. The second-order valence-corrected chi connectivity index (χ2v) is 10.5. The van der Waals surface area contributed by atoms with Crippen LogP contribution in [0.4, 0.5) is 0 Å². The molecular weight excluding hydrogens is 502 g/mol. The summed E-state index contributed by atoms with van der Waals surface area (Å²) in [6, 6.07) is 48.9. The van der Waals surface area contributed by atoms with Crippen molar-refractivity contribution in [3.8, 4) is 27.9 Å².